The Hall–Kier alpha value is -1.94. The van der Waals surface area contributed by atoms with Gasteiger partial charge in [-0.05, 0) is 50.9 Å². The molecule has 1 aromatic carbocycles. The molecule has 10 heteroatoms. The summed E-state index contributed by atoms with van der Waals surface area (Å²) in [6.45, 7) is 2.16. The quantitative estimate of drug-likeness (QED) is 0.553. The van der Waals surface area contributed by atoms with E-state index in [1.54, 1.807) is 13.0 Å². The molecule has 0 aliphatic carbocycles. The second-order valence-electron chi connectivity index (χ2n) is 4.02. The van der Waals surface area contributed by atoms with Crippen molar-refractivity contribution in [1.29, 1.82) is 0 Å². The Morgan fingerprint density at radius 1 is 1.50 bits per heavy atom. The summed E-state index contributed by atoms with van der Waals surface area (Å²) < 4.78 is 6.14. The van der Waals surface area contributed by atoms with Crippen molar-refractivity contribution in [3.05, 3.63) is 43.1 Å². The molecular weight excluding hydrogens is 424 g/mol. The largest absolute Gasteiger partial charge is 0.494 e. The van der Waals surface area contributed by atoms with Crippen LogP contribution in [0.1, 0.15) is 17.4 Å². The van der Waals surface area contributed by atoms with E-state index in [1.807, 2.05) is 0 Å². The number of rotatable bonds is 5. The van der Waals surface area contributed by atoms with Gasteiger partial charge in [-0.2, -0.15) is 5.10 Å². The van der Waals surface area contributed by atoms with Crippen molar-refractivity contribution in [2.45, 2.75) is 6.92 Å². The van der Waals surface area contributed by atoms with Crippen molar-refractivity contribution in [3.63, 3.8) is 0 Å². The number of ether oxygens (including phenoxy) is 1. The third-order valence-corrected chi connectivity index (χ3v) is 4.48. The number of nitro groups is 1. The number of anilines is 1. The van der Waals surface area contributed by atoms with Crippen LogP contribution >= 0.6 is 31.9 Å². The number of hydrogen-bond acceptors (Lipinski definition) is 5. The summed E-state index contributed by atoms with van der Waals surface area (Å²) in [7, 11) is 0. The van der Waals surface area contributed by atoms with Gasteiger partial charge >= 0.3 is 0 Å². The number of carbonyl (C=O) groups excluding carboxylic acids is 1. The zero-order chi connectivity index (χ0) is 16.3. The molecule has 0 unspecified atom stereocenters. The van der Waals surface area contributed by atoms with E-state index >= 15 is 0 Å². The first-order valence-electron chi connectivity index (χ1n) is 6.06. The molecule has 1 amide bonds. The number of nitrogens with one attached hydrogen (secondary N) is 2. The maximum atomic E-state index is 12.1. The zero-order valence-electron chi connectivity index (χ0n) is 11.2. The first-order valence-corrected chi connectivity index (χ1v) is 7.64. The van der Waals surface area contributed by atoms with Crippen LogP contribution in [0, 0.1) is 10.1 Å². The van der Waals surface area contributed by atoms with Gasteiger partial charge in [0, 0.05) is 0 Å². The molecule has 0 aliphatic rings. The topological polar surface area (TPSA) is 110 Å². The van der Waals surface area contributed by atoms with Crippen LogP contribution in [0.25, 0.3) is 0 Å². The number of H-pyrrole nitrogens is 1. The van der Waals surface area contributed by atoms with Gasteiger partial charge < -0.3 is 10.1 Å². The maximum absolute atomic E-state index is 12.1. The first-order chi connectivity index (χ1) is 10.4. The van der Waals surface area contributed by atoms with Crippen LogP contribution in [0.3, 0.4) is 0 Å². The van der Waals surface area contributed by atoms with Gasteiger partial charge in [-0.1, -0.05) is 0 Å². The summed E-state index contributed by atoms with van der Waals surface area (Å²) in [6.07, 6.45) is 0. The van der Waals surface area contributed by atoms with Crippen LogP contribution in [-0.4, -0.2) is 27.6 Å². The van der Waals surface area contributed by atoms with Crippen molar-refractivity contribution < 1.29 is 14.5 Å². The van der Waals surface area contributed by atoms with Gasteiger partial charge in [0.2, 0.25) is 0 Å². The molecule has 0 saturated heterocycles. The molecule has 22 heavy (non-hydrogen) atoms. The van der Waals surface area contributed by atoms with Crippen molar-refractivity contribution in [2.24, 2.45) is 0 Å². The molecule has 1 heterocycles. The van der Waals surface area contributed by atoms with E-state index in [0.717, 1.165) is 0 Å². The molecule has 0 aliphatic heterocycles. The average Bonchev–Trinajstić information content (AvgIpc) is 2.80. The van der Waals surface area contributed by atoms with Gasteiger partial charge in [-0.25, -0.2) is 0 Å². The molecule has 0 saturated carbocycles. The van der Waals surface area contributed by atoms with Gasteiger partial charge in [0.25, 0.3) is 11.6 Å². The normalized spacial score (nSPS) is 10.3. The highest BCUT2D eigenvalue weighted by molar-refractivity contribution is 9.13. The number of amides is 1. The number of nitrogens with zero attached hydrogens (tertiary/aromatic N) is 2. The fraction of sp³-hybridized carbons (Fsp3) is 0.167. The lowest BCUT2D eigenvalue weighted by Crippen LogP contribution is -2.14. The second-order valence-corrected chi connectivity index (χ2v) is 5.61. The Balaban J connectivity index is 2.30. The van der Waals surface area contributed by atoms with Gasteiger partial charge in [-0.3, -0.25) is 20.0 Å². The molecule has 8 nitrogen and oxygen atoms in total. The van der Waals surface area contributed by atoms with E-state index in [9.17, 15) is 14.9 Å². The van der Waals surface area contributed by atoms with Crippen LogP contribution in [0.15, 0.2) is 27.3 Å². The predicted octanol–water partition coefficient (Wildman–Crippen LogP) is 3.49. The summed E-state index contributed by atoms with van der Waals surface area (Å²) >= 11 is 6.35. The van der Waals surface area contributed by atoms with E-state index < -0.39 is 10.8 Å². The van der Waals surface area contributed by atoms with E-state index in [-0.39, 0.29) is 17.1 Å². The van der Waals surface area contributed by atoms with Crippen LogP contribution in [0.2, 0.25) is 0 Å². The van der Waals surface area contributed by atoms with Crippen LogP contribution in [-0.2, 0) is 0 Å². The SMILES string of the molecule is CCOc1ccc(NC(=O)c2n[nH]c(Br)c2Br)c([N+](=O)[O-])c1. The summed E-state index contributed by atoms with van der Waals surface area (Å²) in [4.78, 5) is 22.7. The minimum absolute atomic E-state index is 0.0597. The second kappa shape index (κ2) is 6.88. The summed E-state index contributed by atoms with van der Waals surface area (Å²) in [6, 6.07) is 4.22. The monoisotopic (exact) mass is 432 g/mol. The molecule has 2 aromatic rings. The Morgan fingerprint density at radius 3 is 2.77 bits per heavy atom. The highest BCUT2D eigenvalue weighted by Gasteiger charge is 2.21. The lowest BCUT2D eigenvalue weighted by molar-refractivity contribution is -0.384. The van der Waals surface area contributed by atoms with Crippen molar-refractivity contribution >= 4 is 49.1 Å². The smallest absolute Gasteiger partial charge is 0.296 e. The maximum Gasteiger partial charge on any atom is 0.296 e. The van der Waals surface area contributed by atoms with Crippen molar-refractivity contribution in [2.75, 3.05) is 11.9 Å². The predicted molar refractivity (Wildman–Crippen MR) is 86.2 cm³/mol. The average molecular weight is 434 g/mol. The molecule has 0 fully saturated rings. The van der Waals surface area contributed by atoms with Gasteiger partial charge in [0.05, 0.1) is 22.1 Å². The number of nitro benzene ring substituents is 1. The van der Waals surface area contributed by atoms with Crippen LogP contribution in [0.5, 0.6) is 5.75 Å². The van der Waals surface area contributed by atoms with E-state index in [1.165, 1.54) is 12.1 Å². The fourth-order valence-corrected chi connectivity index (χ4v) is 2.30. The van der Waals surface area contributed by atoms with Gasteiger partial charge in [0.15, 0.2) is 5.69 Å². The third-order valence-electron chi connectivity index (χ3n) is 2.61. The fourth-order valence-electron chi connectivity index (χ4n) is 1.66. The number of hydrogen-bond donors (Lipinski definition) is 2. The van der Waals surface area contributed by atoms with E-state index in [2.05, 4.69) is 47.4 Å². The number of carbonyl (C=O) groups is 1. The number of halogens is 2. The Bertz CT molecular complexity index is 732. The van der Waals surface area contributed by atoms with Gasteiger partial charge in [0.1, 0.15) is 16.0 Å². The Kier molecular flexibility index (Phi) is 5.14. The molecule has 2 N–H and O–H groups in total. The van der Waals surface area contributed by atoms with Crippen LogP contribution < -0.4 is 10.1 Å². The number of aromatic amines is 1. The van der Waals surface area contributed by atoms with Crippen molar-refractivity contribution in [1.82, 2.24) is 10.2 Å². The summed E-state index contributed by atoms with van der Waals surface area (Å²) in [5.41, 5.74) is -0.121. The molecule has 1 aromatic heterocycles. The highest BCUT2D eigenvalue weighted by atomic mass is 79.9. The van der Waals surface area contributed by atoms with Crippen LogP contribution in [0.4, 0.5) is 11.4 Å². The van der Waals surface area contributed by atoms with Crippen molar-refractivity contribution in [3.8, 4) is 5.75 Å². The molecule has 0 radical (unpaired) electrons. The van der Waals surface area contributed by atoms with E-state index in [0.29, 0.717) is 21.4 Å². The third kappa shape index (κ3) is 3.45. The minimum Gasteiger partial charge on any atom is -0.494 e. The molecular formula is C12H10Br2N4O4. The number of benzene rings is 1. The van der Waals surface area contributed by atoms with Gasteiger partial charge in [-0.15, -0.1) is 0 Å². The molecule has 0 atom stereocenters. The lowest BCUT2D eigenvalue weighted by Gasteiger charge is -2.07. The standard InChI is InChI=1S/C12H10Br2N4O4/c1-2-22-6-3-4-7(8(5-6)18(20)21)15-12(19)10-9(13)11(14)17-16-10/h3-5H,2H2,1H3,(H,15,19)(H,16,17). The van der Waals surface area contributed by atoms with E-state index in [4.69, 9.17) is 4.74 Å². The Labute approximate surface area is 141 Å². The molecule has 116 valence electrons. The minimum atomic E-state index is -0.590. The molecule has 0 bridgehead atoms. The zero-order valence-corrected chi connectivity index (χ0v) is 14.4. The first kappa shape index (κ1) is 16.4. The lowest BCUT2D eigenvalue weighted by atomic mass is 10.2. The summed E-state index contributed by atoms with van der Waals surface area (Å²) in [5.74, 6) is -0.225. The summed E-state index contributed by atoms with van der Waals surface area (Å²) in [5, 5.41) is 20.0. The number of aromatic nitrogens is 2. The highest BCUT2D eigenvalue weighted by Crippen LogP contribution is 2.30. The Morgan fingerprint density at radius 2 is 2.23 bits per heavy atom. The molecule has 0 spiro atoms. The molecule has 2 rings (SSSR count).